The summed E-state index contributed by atoms with van der Waals surface area (Å²) in [6, 6.07) is 10.1. The molecule has 0 radical (unpaired) electrons. The van der Waals surface area contributed by atoms with E-state index in [9.17, 15) is 13.2 Å². The molecule has 128 valence electrons. The second-order valence-electron chi connectivity index (χ2n) is 5.89. The van der Waals surface area contributed by atoms with E-state index in [0.29, 0.717) is 5.69 Å². The molecule has 0 unspecified atom stereocenters. The Hall–Kier alpha value is -2.18. The van der Waals surface area contributed by atoms with Crippen LogP contribution in [0.25, 0.3) is 0 Å². The Morgan fingerprint density at radius 3 is 2.12 bits per heavy atom. The maximum Gasteiger partial charge on any atom is 0.240 e. The molecule has 2 aromatic carbocycles. The Morgan fingerprint density at radius 2 is 1.54 bits per heavy atom. The topological polar surface area (TPSA) is 75.3 Å². The predicted octanol–water partition coefficient (Wildman–Crippen LogP) is 3.05. The van der Waals surface area contributed by atoms with Gasteiger partial charge in [-0.05, 0) is 67.3 Å². The molecule has 0 spiro atoms. The van der Waals surface area contributed by atoms with Gasteiger partial charge in [-0.15, -0.1) is 0 Å². The number of carbonyl (C=O) groups excluding carboxylic acids is 1. The summed E-state index contributed by atoms with van der Waals surface area (Å²) >= 11 is 0. The van der Waals surface area contributed by atoms with E-state index in [-0.39, 0.29) is 17.3 Å². The lowest BCUT2D eigenvalue weighted by molar-refractivity contribution is -0.114. The molecule has 0 aromatic heterocycles. The summed E-state index contributed by atoms with van der Waals surface area (Å²) in [6.45, 7) is 7.65. The van der Waals surface area contributed by atoms with Crippen LogP contribution in [0.5, 0.6) is 0 Å². The molecule has 2 N–H and O–H groups in total. The number of benzene rings is 2. The number of aryl methyl sites for hydroxylation is 3. The van der Waals surface area contributed by atoms with Crippen molar-refractivity contribution >= 4 is 21.6 Å². The molecular formula is C18H22N2O3S. The molecule has 0 bridgehead atoms. The van der Waals surface area contributed by atoms with E-state index in [1.807, 2.05) is 26.8 Å². The van der Waals surface area contributed by atoms with E-state index in [1.165, 1.54) is 24.6 Å². The first-order valence-corrected chi connectivity index (χ1v) is 9.11. The molecular weight excluding hydrogens is 324 g/mol. The third kappa shape index (κ3) is 4.43. The van der Waals surface area contributed by atoms with Gasteiger partial charge >= 0.3 is 0 Å². The zero-order valence-corrected chi connectivity index (χ0v) is 15.1. The number of anilines is 1. The Kier molecular flexibility index (Phi) is 5.41. The molecule has 0 heterocycles. The summed E-state index contributed by atoms with van der Waals surface area (Å²) in [7, 11) is -3.61. The number of nitrogens with one attached hydrogen (secondary N) is 2. The van der Waals surface area contributed by atoms with Crippen LogP contribution >= 0.6 is 0 Å². The van der Waals surface area contributed by atoms with Crippen LogP contribution in [0.4, 0.5) is 5.69 Å². The third-order valence-corrected chi connectivity index (χ3v) is 5.31. The highest BCUT2D eigenvalue weighted by molar-refractivity contribution is 7.89. The van der Waals surface area contributed by atoms with E-state index >= 15 is 0 Å². The highest BCUT2D eigenvalue weighted by atomic mass is 32.2. The molecule has 24 heavy (non-hydrogen) atoms. The van der Waals surface area contributed by atoms with Gasteiger partial charge in [0, 0.05) is 19.2 Å². The lowest BCUT2D eigenvalue weighted by Crippen LogP contribution is -2.23. The normalized spacial score (nSPS) is 11.3. The van der Waals surface area contributed by atoms with Gasteiger partial charge in [0.2, 0.25) is 15.9 Å². The minimum atomic E-state index is -3.61. The lowest BCUT2D eigenvalue weighted by Gasteiger charge is -2.12. The zero-order valence-electron chi connectivity index (χ0n) is 14.3. The van der Waals surface area contributed by atoms with Crippen LogP contribution in [-0.2, 0) is 21.4 Å². The molecule has 0 fully saturated rings. The van der Waals surface area contributed by atoms with E-state index < -0.39 is 10.0 Å². The van der Waals surface area contributed by atoms with Crippen molar-refractivity contribution in [1.82, 2.24) is 4.72 Å². The summed E-state index contributed by atoms with van der Waals surface area (Å²) in [6.07, 6.45) is 0. The van der Waals surface area contributed by atoms with Crippen LogP contribution in [-0.4, -0.2) is 14.3 Å². The fraction of sp³-hybridized carbons (Fsp3) is 0.278. The number of sulfonamides is 1. The largest absolute Gasteiger partial charge is 0.326 e. The van der Waals surface area contributed by atoms with Crippen LogP contribution in [0, 0.1) is 20.8 Å². The van der Waals surface area contributed by atoms with E-state index in [0.717, 1.165) is 16.7 Å². The fourth-order valence-corrected chi connectivity index (χ4v) is 3.39. The van der Waals surface area contributed by atoms with Crippen molar-refractivity contribution in [1.29, 1.82) is 0 Å². The second-order valence-corrected chi connectivity index (χ2v) is 7.66. The Bertz CT molecular complexity index is 857. The minimum absolute atomic E-state index is 0.165. The highest BCUT2D eigenvalue weighted by Crippen LogP contribution is 2.17. The number of carbonyl (C=O) groups is 1. The van der Waals surface area contributed by atoms with E-state index in [2.05, 4.69) is 16.1 Å². The van der Waals surface area contributed by atoms with Crippen molar-refractivity contribution in [2.45, 2.75) is 39.1 Å². The van der Waals surface area contributed by atoms with Crippen LogP contribution in [0.2, 0.25) is 0 Å². The van der Waals surface area contributed by atoms with Gasteiger partial charge in [0.05, 0.1) is 4.90 Å². The van der Waals surface area contributed by atoms with Crippen LogP contribution in [0.1, 0.15) is 29.2 Å². The smallest absolute Gasteiger partial charge is 0.240 e. The quantitative estimate of drug-likeness (QED) is 0.874. The molecule has 0 aliphatic carbocycles. The fourth-order valence-electron chi connectivity index (χ4n) is 2.39. The predicted molar refractivity (Wildman–Crippen MR) is 95.4 cm³/mol. The molecule has 0 atom stereocenters. The first-order valence-electron chi connectivity index (χ1n) is 7.63. The average Bonchev–Trinajstić information content (AvgIpc) is 2.49. The molecule has 2 aromatic rings. The van der Waals surface area contributed by atoms with E-state index in [4.69, 9.17) is 0 Å². The van der Waals surface area contributed by atoms with Crippen LogP contribution < -0.4 is 10.0 Å². The van der Waals surface area contributed by atoms with Crippen molar-refractivity contribution in [2.75, 3.05) is 5.32 Å². The second kappa shape index (κ2) is 7.15. The standard InChI is InChI=1S/C18H22N2O3S/c1-12-9-14(3)16(10-13(12)2)11-19-24(22,23)18-7-5-17(6-8-18)20-15(4)21/h5-10,19H,11H2,1-4H3,(H,20,21). The summed E-state index contributed by atoms with van der Waals surface area (Å²) in [5.74, 6) is -0.200. The van der Waals surface area contributed by atoms with Crippen molar-refractivity contribution in [3.8, 4) is 0 Å². The Balaban J connectivity index is 2.14. The summed E-state index contributed by atoms with van der Waals surface area (Å²) in [5, 5.41) is 2.61. The summed E-state index contributed by atoms with van der Waals surface area (Å²) in [4.78, 5) is 11.2. The first-order chi connectivity index (χ1) is 11.2. The Morgan fingerprint density at radius 1 is 0.958 bits per heavy atom. The number of rotatable bonds is 5. The average molecular weight is 346 g/mol. The molecule has 6 heteroatoms. The zero-order chi connectivity index (χ0) is 17.9. The lowest BCUT2D eigenvalue weighted by atomic mass is 10.0. The number of hydrogen-bond donors (Lipinski definition) is 2. The number of hydrogen-bond acceptors (Lipinski definition) is 3. The van der Waals surface area contributed by atoms with Gasteiger partial charge in [0.1, 0.15) is 0 Å². The van der Waals surface area contributed by atoms with Gasteiger partial charge in [-0.25, -0.2) is 13.1 Å². The summed E-state index contributed by atoms with van der Waals surface area (Å²) < 4.78 is 27.4. The van der Waals surface area contributed by atoms with Crippen molar-refractivity contribution in [3.63, 3.8) is 0 Å². The first kappa shape index (κ1) is 18.2. The number of amides is 1. The van der Waals surface area contributed by atoms with Gasteiger partial charge in [-0.1, -0.05) is 12.1 Å². The third-order valence-electron chi connectivity index (χ3n) is 3.89. The van der Waals surface area contributed by atoms with Crippen molar-refractivity contribution in [2.24, 2.45) is 0 Å². The molecule has 0 saturated heterocycles. The van der Waals surface area contributed by atoms with Gasteiger partial charge < -0.3 is 5.32 Å². The van der Waals surface area contributed by atoms with Crippen LogP contribution in [0.15, 0.2) is 41.3 Å². The Labute approximate surface area is 143 Å². The molecule has 0 saturated carbocycles. The van der Waals surface area contributed by atoms with Gasteiger partial charge in [0.15, 0.2) is 0 Å². The van der Waals surface area contributed by atoms with Crippen LogP contribution in [0.3, 0.4) is 0 Å². The maximum atomic E-state index is 12.4. The van der Waals surface area contributed by atoms with Gasteiger partial charge in [-0.2, -0.15) is 0 Å². The molecule has 2 rings (SSSR count). The molecule has 0 aliphatic rings. The monoisotopic (exact) mass is 346 g/mol. The minimum Gasteiger partial charge on any atom is -0.326 e. The maximum absolute atomic E-state index is 12.4. The SMILES string of the molecule is CC(=O)Nc1ccc(S(=O)(=O)NCc2cc(C)c(C)cc2C)cc1. The highest BCUT2D eigenvalue weighted by Gasteiger charge is 2.14. The molecule has 1 amide bonds. The van der Waals surface area contributed by atoms with E-state index in [1.54, 1.807) is 12.1 Å². The molecule has 0 aliphatic heterocycles. The van der Waals surface area contributed by atoms with Crippen molar-refractivity contribution in [3.05, 3.63) is 58.7 Å². The van der Waals surface area contributed by atoms with Gasteiger partial charge in [0.25, 0.3) is 0 Å². The van der Waals surface area contributed by atoms with Crippen molar-refractivity contribution < 1.29 is 13.2 Å². The van der Waals surface area contributed by atoms with Gasteiger partial charge in [-0.3, -0.25) is 4.79 Å². The molecule has 5 nitrogen and oxygen atoms in total. The summed E-state index contributed by atoms with van der Waals surface area (Å²) in [5.41, 5.74) is 4.90.